The van der Waals surface area contributed by atoms with Crippen molar-refractivity contribution >= 4 is 11.7 Å². The van der Waals surface area contributed by atoms with Gasteiger partial charge in [0.25, 0.3) is 5.91 Å². The number of aryl methyl sites for hydroxylation is 1. The molecular weight excluding hydrogens is 214 g/mol. The van der Waals surface area contributed by atoms with Crippen molar-refractivity contribution in [2.45, 2.75) is 13.5 Å². The quantitative estimate of drug-likeness (QED) is 0.743. The Labute approximate surface area is 89.7 Å². The first kappa shape index (κ1) is 10.1. The van der Waals surface area contributed by atoms with Crippen LogP contribution in [0.1, 0.15) is 21.9 Å². The van der Waals surface area contributed by atoms with Crippen molar-refractivity contribution in [2.24, 2.45) is 0 Å². The minimum atomic E-state index is -0.479. The Morgan fingerprint density at radius 2 is 2.31 bits per heavy atom. The number of nitrogens with zero attached hydrogens (tertiary/aromatic N) is 3. The van der Waals surface area contributed by atoms with Crippen LogP contribution in [0.25, 0.3) is 0 Å². The molecule has 0 unspecified atom stereocenters. The minimum Gasteiger partial charge on any atom is -0.379 e. The summed E-state index contributed by atoms with van der Waals surface area (Å²) in [6.45, 7) is 1.99. The molecule has 0 fully saturated rings. The van der Waals surface area contributed by atoms with Gasteiger partial charge in [0.15, 0.2) is 5.76 Å². The second kappa shape index (κ2) is 4.01. The maximum absolute atomic E-state index is 11.5. The monoisotopic (exact) mass is 223 g/mol. The summed E-state index contributed by atoms with van der Waals surface area (Å²) in [6.07, 6.45) is 0. The summed E-state index contributed by atoms with van der Waals surface area (Å²) >= 11 is 0. The number of carbonyl (C=O) groups is 1. The highest BCUT2D eigenvalue weighted by Gasteiger charge is 2.15. The summed E-state index contributed by atoms with van der Waals surface area (Å²) < 4.78 is 9.21. The van der Waals surface area contributed by atoms with Gasteiger partial charge in [-0.2, -0.15) is 0 Å². The van der Waals surface area contributed by atoms with Crippen LogP contribution in [0.5, 0.6) is 0 Å². The molecule has 2 aromatic rings. The second-order valence-corrected chi connectivity index (χ2v) is 3.12. The van der Waals surface area contributed by atoms with Crippen LogP contribution >= 0.6 is 0 Å². The standard InChI is InChI=1S/C8H9N5O3/c1-4-2-5(15-11-4)3-10-8(14)6-7(9)13-16-12-6/h2H,3H2,1H3,(H2,9,13)(H,10,14). The zero-order chi connectivity index (χ0) is 11.5. The lowest BCUT2D eigenvalue weighted by molar-refractivity contribution is 0.0938. The van der Waals surface area contributed by atoms with Crippen LogP contribution in [-0.2, 0) is 6.54 Å². The molecule has 0 aliphatic rings. The molecule has 0 bridgehead atoms. The zero-order valence-electron chi connectivity index (χ0n) is 8.43. The van der Waals surface area contributed by atoms with Crippen molar-refractivity contribution in [1.29, 1.82) is 0 Å². The Kier molecular flexibility index (Phi) is 2.54. The Bertz CT molecular complexity index is 503. The van der Waals surface area contributed by atoms with Crippen molar-refractivity contribution < 1.29 is 13.9 Å². The Hall–Kier alpha value is -2.38. The van der Waals surface area contributed by atoms with Gasteiger partial charge in [-0.1, -0.05) is 5.16 Å². The summed E-state index contributed by atoms with van der Waals surface area (Å²) in [5.74, 6) is 0.0138. The minimum absolute atomic E-state index is 0.0452. The fourth-order valence-electron chi connectivity index (χ4n) is 1.10. The van der Waals surface area contributed by atoms with E-state index in [4.69, 9.17) is 10.3 Å². The van der Waals surface area contributed by atoms with Crippen LogP contribution in [-0.4, -0.2) is 21.4 Å². The Morgan fingerprint density at radius 3 is 2.88 bits per heavy atom. The number of hydrogen-bond donors (Lipinski definition) is 2. The summed E-state index contributed by atoms with van der Waals surface area (Å²) in [6, 6.07) is 1.71. The normalized spacial score (nSPS) is 10.3. The lowest BCUT2D eigenvalue weighted by atomic mass is 10.3. The van der Waals surface area contributed by atoms with Crippen molar-refractivity contribution in [3.05, 3.63) is 23.2 Å². The Balaban J connectivity index is 1.96. The SMILES string of the molecule is Cc1cc(CNC(=O)c2nonc2N)on1. The molecule has 0 atom stereocenters. The molecule has 0 saturated carbocycles. The number of amides is 1. The highest BCUT2D eigenvalue weighted by molar-refractivity contribution is 5.95. The first-order valence-corrected chi connectivity index (χ1v) is 4.45. The molecule has 0 aromatic carbocycles. The molecule has 0 aliphatic carbocycles. The first-order chi connectivity index (χ1) is 7.66. The maximum Gasteiger partial charge on any atom is 0.277 e. The smallest absolute Gasteiger partial charge is 0.277 e. The van der Waals surface area contributed by atoms with Gasteiger partial charge in [-0.25, -0.2) is 4.63 Å². The number of aromatic nitrogens is 3. The van der Waals surface area contributed by atoms with Crippen molar-refractivity contribution in [1.82, 2.24) is 20.8 Å². The lowest BCUT2D eigenvalue weighted by Crippen LogP contribution is -2.23. The van der Waals surface area contributed by atoms with Gasteiger partial charge in [0.1, 0.15) is 0 Å². The van der Waals surface area contributed by atoms with Crippen LogP contribution in [0, 0.1) is 6.92 Å². The zero-order valence-corrected chi connectivity index (χ0v) is 8.43. The summed E-state index contributed by atoms with van der Waals surface area (Å²) in [4.78, 5) is 11.5. The van der Waals surface area contributed by atoms with Gasteiger partial charge >= 0.3 is 0 Å². The molecule has 3 N–H and O–H groups in total. The second-order valence-electron chi connectivity index (χ2n) is 3.12. The van der Waals surface area contributed by atoms with Crippen molar-refractivity contribution in [3.63, 3.8) is 0 Å². The van der Waals surface area contributed by atoms with Crippen molar-refractivity contribution in [3.8, 4) is 0 Å². The van der Waals surface area contributed by atoms with Gasteiger partial charge in [0.05, 0.1) is 12.2 Å². The average molecular weight is 223 g/mol. The molecule has 2 rings (SSSR count). The number of nitrogens with one attached hydrogen (secondary N) is 1. The number of carbonyl (C=O) groups excluding carboxylic acids is 1. The highest BCUT2D eigenvalue weighted by Crippen LogP contribution is 2.05. The topological polar surface area (TPSA) is 120 Å². The van der Waals surface area contributed by atoms with Crippen LogP contribution in [0.2, 0.25) is 0 Å². The van der Waals surface area contributed by atoms with Crippen LogP contribution in [0.15, 0.2) is 15.2 Å². The number of rotatable bonds is 3. The number of anilines is 1. The largest absolute Gasteiger partial charge is 0.379 e. The molecule has 2 heterocycles. The van der Waals surface area contributed by atoms with E-state index in [0.717, 1.165) is 5.69 Å². The molecule has 8 heteroatoms. The third-order valence-corrected chi connectivity index (χ3v) is 1.83. The molecule has 16 heavy (non-hydrogen) atoms. The molecule has 0 spiro atoms. The van der Waals surface area contributed by atoms with E-state index >= 15 is 0 Å². The van der Waals surface area contributed by atoms with Crippen LogP contribution in [0.3, 0.4) is 0 Å². The van der Waals surface area contributed by atoms with E-state index in [2.05, 4.69) is 25.4 Å². The van der Waals surface area contributed by atoms with E-state index in [0.29, 0.717) is 5.76 Å². The van der Waals surface area contributed by atoms with E-state index in [1.54, 1.807) is 13.0 Å². The average Bonchev–Trinajstić information content (AvgIpc) is 2.84. The Morgan fingerprint density at radius 1 is 1.50 bits per heavy atom. The van der Waals surface area contributed by atoms with Crippen LogP contribution < -0.4 is 11.1 Å². The molecule has 8 nitrogen and oxygen atoms in total. The van der Waals surface area contributed by atoms with Gasteiger partial charge in [-0.3, -0.25) is 4.79 Å². The number of nitrogen functional groups attached to an aromatic ring is 1. The molecular formula is C8H9N5O3. The summed E-state index contributed by atoms with van der Waals surface area (Å²) in [5.41, 5.74) is 6.05. The van der Waals surface area contributed by atoms with E-state index in [1.165, 1.54) is 0 Å². The van der Waals surface area contributed by atoms with Gasteiger partial charge in [0.2, 0.25) is 11.5 Å². The molecule has 84 valence electrons. The van der Waals surface area contributed by atoms with Gasteiger partial charge in [-0.05, 0) is 17.2 Å². The molecule has 0 saturated heterocycles. The van der Waals surface area contributed by atoms with E-state index in [1.807, 2.05) is 0 Å². The maximum atomic E-state index is 11.5. The predicted molar refractivity (Wildman–Crippen MR) is 51.1 cm³/mol. The number of nitrogens with two attached hydrogens (primary N) is 1. The molecule has 2 aromatic heterocycles. The van der Waals surface area contributed by atoms with Crippen LogP contribution in [0.4, 0.5) is 5.82 Å². The van der Waals surface area contributed by atoms with Crippen molar-refractivity contribution in [2.75, 3.05) is 5.73 Å². The fraction of sp³-hybridized carbons (Fsp3) is 0.250. The summed E-state index contributed by atoms with van der Waals surface area (Å²) in [5, 5.41) is 12.9. The summed E-state index contributed by atoms with van der Waals surface area (Å²) in [7, 11) is 0. The first-order valence-electron chi connectivity index (χ1n) is 4.45. The third-order valence-electron chi connectivity index (χ3n) is 1.83. The lowest BCUT2D eigenvalue weighted by Gasteiger charge is -1.98. The molecule has 1 amide bonds. The molecule has 0 aliphatic heterocycles. The van der Waals surface area contributed by atoms with E-state index < -0.39 is 5.91 Å². The van der Waals surface area contributed by atoms with Gasteiger partial charge in [0, 0.05) is 6.07 Å². The highest BCUT2D eigenvalue weighted by atomic mass is 16.6. The number of hydrogen-bond acceptors (Lipinski definition) is 7. The fourth-order valence-corrected chi connectivity index (χ4v) is 1.10. The molecule has 0 radical (unpaired) electrons. The predicted octanol–water partition coefficient (Wildman–Crippen LogP) is -0.122. The van der Waals surface area contributed by atoms with Gasteiger partial charge in [-0.15, -0.1) is 0 Å². The van der Waals surface area contributed by atoms with E-state index in [-0.39, 0.29) is 18.1 Å². The third kappa shape index (κ3) is 2.00. The van der Waals surface area contributed by atoms with Gasteiger partial charge < -0.3 is 15.6 Å². The van der Waals surface area contributed by atoms with E-state index in [9.17, 15) is 4.79 Å².